The molecule has 0 aliphatic carbocycles. The van der Waals surface area contributed by atoms with E-state index in [-0.39, 0.29) is 12.5 Å². The fraction of sp³-hybridized carbons (Fsp3) is 0.120. The molecule has 4 rings (SSSR count). The lowest BCUT2D eigenvalue weighted by molar-refractivity contribution is 0.0606. The Balaban J connectivity index is 1.54. The van der Waals surface area contributed by atoms with E-state index in [9.17, 15) is 9.59 Å². The van der Waals surface area contributed by atoms with Crippen molar-refractivity contribution >= 4 is 66.5 Å². The van der Waals surface area contributed by atoms with Gasteiger partial charge in [0, 0.05) is 26.9 Å². The lowest BCUT2D eigenvalue weighted by Crippen LogP contribution is -2.12. The Bertz CT molecular complexity index is 1390. The van der Waals surface area contributed by atoms with E-state index in [1.165, 1.54) is 18.4 Å². The third kappa shape index (κ3) is 5.04. The highest BCUT2D eigenvalue weighted by Crippen LogP contribution is 2.37. The van der Waals surface area contributed by atoms with Gasteiger partial charge in [-0.05, 0) is 64.5 Å². The minimum absolute atomic E-state index is 0.225. The smallest absolute Gasteiger partial charge is 0.349 e. The first-order valence-electron chi connectivity index (χ1n) is 10.1. The molecule has 0 fully saturated rings. The number of hydrogen-bond acceptors (Lipinski definition) is 6. The summed E-state index contributed by atoms with van der Waals surface area (Å²) in [7, 11) is 2.88. The van der Waals surface area contributed by atoms with E-state index in [2.05, 4.69) is 21.2 Å². The zero-order valence-electron chi connectivity index (χ0n) is 18.2. The normalized spacial score (nSPS) is 10.7. The second kappa shape index (κ2) is 10.5. The maximum Gasteiger partial charge on any atom is 0.349 e. The molecule has 6 nitrogen and oxygen atoms in total. The van der Waals surface area contributed by atoms with Crippen molar-refractivity contribution in [3.05, 3.63) is 86.2 Å². The van der Waals surface area contributed by atoms with Crippen LogP contribution in [0.1, 0.15) is 25.6 Å². The third-order valence-electron chi connectivity index (χ3n) is 5.02. The Morgan fingerprint density at radius 3 is 2.56 bits per heavy atom. The van der Waals surface area contributed by atoms with Crippen LogP contribution in [0.4, 0.5) is 5.69 Å². The zero-order valence-corrected chi connectivity index (χ0v) is 21.3. The molecular weight excluding hydrogens is 542 g/mol. The van der Waals surface area contributed by atoms with Crippen LogP contribution in [-0.4, -0.2) is 26.1 Å². The molecule has 9 heteroatoms. The van der Waals surface area contributed by atoms with Crippen molar-refractivity contribution in [3.8, 4) is 11.5 Å². The number of benzene rings is 3. The van der Waals surface area contributed by atoms with Crippen LogP contribution < -0.4 is 14.8 Å². The van der Waals surface area contributed by atoms with Crippen LogP contribution in [0.3, 0.4) is 0 Å². The van der Waals surface area contributed by atoms with E-state index in [0.717, 1.165) is 20.1 Å². The van der Waals surface area contributed by atoms with Gasteiger partial charge in [-0.25, -0.2) is 4.79 Å². The number of fused-ring (bicyclic) bond motifs is 1. The molecule has 1 aromatic heterocycles. The number of para-hydroxylation sites is 1. The predicted octanol–water partition coefficient (Wildman–Crippen LogP) is 6.94. The van der Waals surface area contributed by atoms with Crippen molar-refractivity contribution < 1.29 is 23.8 Å². The van der Waals surface area contributed by atoms with Crippen LogP contribution >= 0.6 is 38.9 Å². The first-order valence-corrected chi connectivity index (χ1v) is 12.1. The summed E-state index contributed by atoms with van der Waals surface area (Å²) in [5, 5.41) is 3.95. The van der Waals surface area contributed by atoms with Crippen molar-refractivity contribution in [2.24, 2.45) is 0 Å². The number of carbonyl (C=O) groups is 2. The molecule has 0 saturated carbocycles. The molecule has 0 radical (unpaired) electrons. The number of carbonyl (C=O) groups excluding carboxylic acids is 2. The van der Waals surface area contributed by atoms with Crippen LogP contribution in [0.25, 0.3) is 10.1 Å². The summed E-state index contributed by atoms with van der Waals surface area (Å²) in [5.74, 6) is 0.523. The van der Waals surface area contributed by atoms with E-state index in [1.54, 1.807) is 43.5 Å². The predicted molar refractivity (Wildman–Crippen MR) is 138 cm³/mol. The van der Waals surface area contributed by atoms with Gasteiger partial charge in [0.2, 0.25) is 0 Å². The Morgan fingerprint density at radius 2 is 1.82 bits per heavy atom. The van der Waals surface area contributed by atoms with Gasteiger partial charge in [-0.15, -0.1) is 11.3 Å². The van der Waals surface area contributed by atoms with Crippen LogP contribution in [-0.2, 0) is 11.3 Å². The maximum absolute atomic E-state index is 13.0. The number of esters is 1. The second-order valence-corrected chi connectivity index (χ2v) is 9.43. The molecule has 0 aliphatic rings. The summed E-state index contributed by atoms with van der Waals surface area (Å²) in [4.78, 5) is 25.2. The fourth-order valence-corrected chi connectivity index (χ4v) is 5.19. The van der Waals surface area contributed by atoms with Crippen molar-refractivity contribution in [2.45, 2.75) is 6.61 Å². The zero-order chi connectivity index (χ0) is 24.2. The van der Waals surface area contributed by atoms with Gasteiger partial charge in [-0.1, -0.05) is 23.7 Å². The molecule has 4 aromatic rings. The molecule has 1 heterocycles. The molecule has 1 amide bonds. The van der Waals surface area contributed by atoms with Gasteiger partial charge in [0.05, 0.1) is 23.7 Å². The van der Waals surface area contributed by atoms with Crippen molar-refractivity contribution in [3.63, 3.8) is 0 Å². The van der Waals surface area contributed by atoms with Crippen molar-refractivity contribution in [2.75, 3.05) is 19.5 Å². The highest BCUT2D eigenvalue weighted by Gasteiger charge is 2.18. The molecule has 0 aliphatic heterocycles. The molecule has 174 valence electrons. The average Bonchev–Trinajstić information content (AvgIpc) is 3.18. The number of anilines is 1. The van der Waals surface area contributed by atoms with Gasteiger partial charge in [0.25, 0.3) is 5.91 Å². The number of hydrogen-bond donors (Lipinski definition) is 1. The Hall–Kier alpha value is -3.07. The number of thiophene rings is 1. The van der Waals surface area contributed by atoms with Crippen molar-refractivity contribution in [1.29, 1.82) is 0 Å². The Kier molecular flexibility index (Phi) is 7.41. The number of methoxy groups -OCH3 is 2. The van der Waals surface area contributed by atoms with Gasteiger partial charge in [-0.2, -0.15) is 0 Å². The van der Waals surface area contributed by atoms with Crippen LogP contribution in [0.5, 0.6) is 11.5 Å². The van der Waals surface area contributed by atoms with Gasteiger partial charge < -0.3 is 19.5 Å². The maximum atomic E-state index is 13.0. The summed E-state index contributed by atoms with van der Waals surface area (Å²) in [6.45, 7) is 0.225. The summed E-state index contributed by atoms with van der Waals surface area (Å²) >= 11 is 11.0. The SMILES string of the molecule is COC(=O)c1sc2cc(NC(=O)c3ccc(OC)c(COc4ccccc4Br)c3)ccc2c1Cl. The topological polar surface area (TPSA) is 73.9 Å². The molecule has 0 bridgehead atoms. The Morgan fingerprint density at radius 1 is 1.03 bits per heavy atom. The highest BCUT2D eigenvalue weighted by atomic mass is 79.9. The average molecular weight is 561 g/mol. The summed E-state index contributed by atoms with van der Waals surface area (Å²) in [5.41, 5.74) is 1.76. The van der Waals surface area contributed by atoms with E-state index >= 15 is 0 Å². The first kappa shape index (κ1) is 24.1. The van der Waals surface area contributed by atoms with Gasteiger partial charge in [0.1, 0.15) is 23.0 Å². The standard InChI is InChI=1S/C25H19BrClNO5S/c1-31-19-10-7-14(11-15(19)13-33-20-6-4-3-5-18(20)26)24(29)28-16-8-9-17-21(12-16)34-23(22(17)27)25(30)32-2/h3-12H,13H2,1-2H3,(H,28,29). The molecule has 0 saturated heterocycles. The lowest BCUT2D eigenvalue weighted by atomic mass is 10.1. The summed E-state index contributed by atoms with van der Waals surface area (Å²) in [6.07, 6.45) is 0. The van der Waals surface area contributed by atoms with E-state index in [1.807, 2.05) is 24.3 Å². The van der Waals surface area contributed by atoms with E-state index in [4.69, 9.17) is 25.8 Å². The molecule has 0 atom stereocenters. The van der Waals surface area contributed by atoms with Gasteiger partial charge in [0.15, 0.2) is 0 Å². The quantitative estimate of drug-likeness (QED) is 0.248. The van der Waals surface area contributed by atoms with E-state index in [0.29, 0.717) is 32.6 Å². The minimum atomic E-state index is -0.493. The Labute approximate surface area is 213 Å². The molecule has 1 N–H and O–H groups in total. The second-order valence-electron chi connectivity index (χ2n) is 7.15. The first-order chi connectivity index (χ1) is 16.4. The molecule has 34 heavy (non-hydrogen) atoms. The number of halogens is 2. The third-order valence-corrected chi connectivity index (χ3v) is 7.31. The number of nitrogens with one attached hydrogen (secondary N) is 1. The number of ether oxygens (including phenoxy) is 3. The highest BCUT2D eigenvalue weighted by molar-refractivity contribution is 9.10. The molecular formula is C25H19BrClNO5S. The number of rotatable bonds is 7. The largest absolute Gasteiger partial charge is 0.496 e. The summed E-state index contributed by atoms with van der Waals surface area (Å²) in [6, 6.07) is 18.0. The van der Waals surface area contributed by atoms with Crippen LogP contribution in [0, 0.1) is 0 Å². The fourth-order valence-electron chi connectivity index (χ4n) is 3.32. The van der Waals surface area contributed by atoms with Gasteiger partial charge in [-0.3, -0.25) is 4.79 Å². The molecule has 0 unspecified atom stereocenters. The molecule has 3 aromatic carbocycles. The lowest BCUT2D eigenvalue weighted by Gasteiger charge is -2.13. The van der Waals surface area contributed by atoms with Crippen molar-refractivity contribution in [1.82, 2.24) is 0 Å². The monoisotopic (exact) mass is 559 g/mol. The van der Waals surface area contributed by atoms with Crippen LogP contribution in [0.2, 0.25) is 5.02 Å². The molecule has 0 spiro atoms. The van der Waals surface area contributed by atoms with Crippen LogP contribution in [0.15, 0.2) is 65.1 Å². The summed E-state index contributed by atoms with van der Waals surface area (Å²) < 4.78 is 17.7. The number of amides is 1. The minimum Gasteiger partial charge on any atom is -0.496 e. The van der Waals surface area contributed by atoms with E-state index < -0.39 is 5.97 Å². The van der Waals surface area contributed by atoms with Gasteiger partial charge >= 0.3 is 5.97 Å².